The predicted molar refractivity (Wildman–Crippen MR) is 89.6 cm³/mol. The SMILES string of the molecule is COc1c(F)c(F)c(C(=O)NC(=S)Nc2cc([N+](=O)[O-])ccc2F)c(F)c1F. The lowest BCUT2D eigenvalue weighted by molar-refractivity contribution is -0.384. The lowest BCUT2D eigenvalue weighted by atomic mass is 10.1. The maximum atomic E-state index is 13.9. The van der Waals surface area contributed by atoms with Gasteiger partial charge in [-0.15, -0.1) is 0 Å². The fourth-order valence-electron chi connectivity index (χ4n) is 2.03. The van der Waals surface area contributed by atoms with Crippen molar-refractivity contribution in [3.05, 3.63) is 63.0 Å². The number of hydrogen-bond acceptors (Lipinski definition) is 5. The monoisotopic (exact) mass is 421 g/mol. The van der Waals surface area contributed by atoms with E-state index in [1.807, 2.05) is 0 Å². The molecule has 2 rings (SSSR count). The van der Waals surface area contributed by atoms with E-state index in [0.717, 1.165) is 25.3 Å². The summed E-state index contributed by atoms with van der Waals surface area (Å²) in [5.74, 6) is -12.0. The van der Waals surface area contributed by atoms with Crippen molar-refractivity contribution in [1.82, 2.24) is 5.32 Å². The van der Waals surface area contributed by atoms with Gasteiger partial charge in [-0.1, -0.05) is 0 Å². The number of rotatable bonds is 4. The van der Waals surface area contributed by atoms with Crippen molar-refractivity contribution < 1.29 is 36.4 Å². The van der Waals surface area contributed by atoms with E-state index in [1.165, 1.54) is 0 Å². The van der Waals surface area contributed by atoms with E-state index in [2.05, 4.69) is 22.3 Å². The highest BCUT2D eigenvalue weighted by Crippen LogP contribution is 2.29. The fraction of sp³-hybridized carbons (Fsp3) is 0.0667. The van der Waals surface area contributed by atoms with E-state index in [4.69, 9.17) is 0 Å². The summed E-state index contributed by atoms with van der Waals surface area (Å²) < 4.78 is 73.0. The summed E-state index contributed by atoms with van der Waals surface area (Å²) in [7, 11) is 0.757. The molecule has 148 valence electrons. The minimum Gasteiger partial charge on any atom is -0.491 e. The van der Waals surface area contributed by atoms with E-state index in [-0.39, 0.29) is 0 Å². The Hall–Kier alpha value is -3.35. The Bertz CT molecular complexity index is 973. The summed E-state index contributed by atoms with van der Waals surface area (Å²) in [6, 6.07) is 2.33. The van der Waals surface area contributed by atoms with Gasteiger partial charge in [-0.2, -0.15) is 8.78 Å². The molecule has 0 atom stereocenters. The Morgan fingerprint density at radius 1 is 1.11 bits per heavy atom. The number of methoxy groups -OCH3 is 1. The molecule has 0 spiro atoms. The number of thiocarbonyl (C=S) groups is 1. The predicted octanol–water partition coefficient (Wildman–Crippen LogP) is 3.43. The normalized spacial score (nSPS) is 10.4. The number of amides is 1. The first-order valence-corrected chi connectivity index (χ1v) is 7.45. The molecule has 0 heterocycles. The number of nitro groups is 1. The van der Waals surface area contributed by atoms with Crippen molar-refractivity contribution in [3.8, 4) is 5.75 Å². The van der Waals surface area contributed by atoms with Gasteiger partial charge >= 0.3 is 0 Å². The van der Waals surface area contributed by atoms with Gasteiger partial charge in [-0.25, -0.2) is 13.2 Å². The standard InChI is InChI=1S/C15H8F5N3O4S/c1-27-13-11(19)9(17)8(10(18)12(13)20)14(24)22-15(28)21-7-4-5(23(25)26)2-3-6(7)16/h2-4H,1H3,(H2,21,22,24,28). The van der Waals surface area contributed by atoms with Gasteiger partial charge in [0.15, 0.2) is 22.5 Å². The third kappa shape index (κ3) is 3.98. The van der Waals surface area contributed by atoms with Crippen LogP contribution in [-0.2, 0) is 0 Å². The van der Waals surface area contributed by atoms with Crippen LogP contribution in [0.1, 0.15) is 10.4 Å². The number of nitrogens with one attached hydrogen (secondary N) is 2. The largest absolute Gasteiger partial charge is 0.491 e. The number of carbonyl (C=O) groups excluding carboxylic acids is 1. The molecule has 0 aliphatic carbocycles. The molecular weight excluding hydrogens is 413 g/mol. The molecule has 2 aromatic carbocycles. The van der Waals surface area contributed by atoms with Gasteiger partial charge in [0.25, 0.3) is 11.6 Å². The molecule has 0 radical (unpaired) electrons. The van der Waals surface area contributed by atoms with Crippen LogP contribution in [0.4, 0.5) is 33.3 Å². The molecule has 0 bridgehead atoms. The van der Waals surface area contributed by atoms with Crippen molar-refractivity contribution in [1.29, 1.82) is 0 Å². The first kappa shape index (κ1) is 21.0. The number of halogens is 5. The summed E-state index contributed by atoms with van der Waals surface area (Å²) in [6.45, 7) is 0. The molecule has 13 heteroatoms. The molecule has 2 N–H and O–H groups in total. The molecule has 28 heavy (non-hydrogen) atoms. The lowest BCUT2D eigenvalue weighted by Gasteiger charge is -2.13. The summed E-state index contributed by atoms with van der Waals surface area (Å²) in [6.07, 6.45) is 0. The van der Waals surface area contributed by atoms with E-state index in [9.17, 15) is 36.9 Å². The van der Waals surface area contributed by atoms with Gasteiger partial charge in [0.05, 0.1) is 17.7 Å². The van der Waals surface area contributed by atoms with Crippen LogP contribution in [-0.4, -0.2) is 23.1 Å². The smallest absolute Gasteiger partial charge is 0.271 e. The quantitative estimate of drug-likeness (QED) is 0.258. The summed E-state index contributed by atoms with van der Waals surface area (Å²) in [5, 5.41) is 13.7. The number of hydrogen-bond donors (Lipinski definition) is 2. The van der Waals surface area contributed by atoms with Crippen LogP contribution in [0, 0.1) is 39.2 Å². The maximum Gasteiger partial charge on any atom is 0.271 e. The van der Waals surface area contributed by atoms with Crippen LogP contribution >= 0.6 is 12.2 Å². The molecule has 0 aliphatic rings. The minimum absolute atomic E-state index is 0.519. The molecule has 7 nitrogen and oxygen atoms in total. The molecule has 0 aromatic heterocycles. The average Bonchev–Trinajstić information content (AvgIpc) is 2.62. The van der Waals surface area contributed by atoms with Crippen molar-refractivity contribution >= 4 is 34.6 Å². The lowest BCUT2D eigenvalue weighted by Crippen LogP contribution is -2.35. The average molecular weight is 421 g/mol. The number of ether oxygens (including phenoxy) is 1. The van der Waals surface area contributed by atoms with Crippen molar-refractivity contribution in [2.24, 2.45) is 0 Å². The van der Waals surface area contributed by atoms with E-state index < -0.39 is 67.7 Å². The summed E-state index contributed by atoms with van der Waals surface area (Å²) in [5.41, 5.74) is -2.69. The van der Waals surface area contributed by atoms with Crippen LogP contribution in [0.15, 0.2) is 18.2 Å². The molecule has 0 saturated heterocycles. The summed E-state index contributed by atoms with van der Waals surface area (Å²) in [4.78, 5) is 21.8. The van der Waals surface area contributed by atoms with Gasteiger partial charge < -0.3 is 10.1 Å². The number of nitro benzene ring substituents is 1. The molecule has 0 fully saturated rings. The maximum absolute atomic E-state index is 13.9. The third-order valence-electron chi connectivity index (χ3n) is 3.29. The van der Waals surface area contributed by atoms with Crippen molar-refractivity contribution in [2.45, 2.75) is 0 Å². The van der Waals surface area contributed by atoms with Crippen LogP contribution < -0.4 is 15.4 Å². The highest BCUT2D eigenvalue weighted by molar-refractivity contribution is 7.80. The molecule has 0 saturated carbocycles. The van der Waals surface area contributed by atoms with Gasteiger partial charge in [0.2, 0.25) is 11.6 Å². The van der Waals surface area contributed by atoms with Gasteiger partial charge in [0, 0.05) is 12.1 Å². The van der Waals surface area contributed by atoms with E-state index in [1.54, 1.807) is 5.32 Å². The Morgan fingerprint density at radius 2 is 1.68 bits per heavy atom. The van der Waals surface area contributed by atoms with Crippen LogP contribution in [0.25, 0.3) is 0 Å². The summed E-state index contributed by atoms with van der Waals surface area (Å²) >= 11 is 4.65. The van der Waals surface area contributed by atoms with Crippen molar-refractivity contribution in [3.63, 3.8) is 0 Å². The zero-order valence-corrected chi connectivity index (χ0v) is 14.4. The van der Waals surface area contributed by atoms with Gasteiger partial charge in [-0.05, 0) is 18.3 Å². The topological polar surface area (TPSA) is 93.5 Å². The molecular formula is C15H8F5N3O4S. The Balaban J connectivity index is 2.28. The van der Waals surface area contributed by atoms with Crippen LogP contribution in [0.5, 0.6) is 5.75 Å². The molecule has 0 unspecified atom stereocenters. The van der Waals surface area contributed by atoms with Gasteiger partial charge in [0.1, 0.15) is 11.4 Å². The molecule has 2 aromatic rings. The zero-order valence-electron chi connectivity index (χ0n) is 13.6. The second-order valence-corrected chi connectivity index (χ2v) is 5.40. The second kappa shape index (κ2) is 8.12. The Morgan fingerprint density at radius 3 is 2.18 bits per heavy atom. The Kier molecular flexibility index (Phi) is 6.08. The van der Waals surface area contributed by atoms with E-state index in [0.29, 0.717) is 0 Å². The Labute approximate surface area is 158 Å². The number of non-ortho nitro benzene ring substituents is 1. The highest BCUT2D eigenvalue weighted by Gasteiger charge is 2.30. The fourth-order valence-corrected chi connectivity index (χ4v) is 2.23. The van der Waals surface area contributed by atoms with Crippen LogP contribution in [0.2, 0.25) is 0 Å². The highest BCUT2D eigenvalue weighted by atomic mass is 32.1. The minimum atomic E-state index is -2.04. The van der Waals surface area contributed by atoms with Crippen molar-refractivity contribution in [2.75, 3.05) is 12.4 Å². The number of benzene rings is 2. The van der Waals surface area contributed by atoms with E-state index >= 15 is 0 Å². The molecule has 0 aliphatic heterocycles. The second-order valence-electron chi connectivity index (χ2n) is 4.99. The first-order valence-electron chi connectivity index (χ1n) is 7.04. The number of nitrogens with zero attached hydrogens (tertiary/aromatic N) is 1. The third-order valence-corrected chi connectivity index (χ3v) is 3.49. The van der Waals surface area contributed by atoms with Gasteiger partial charge in [-0.3, -0.25) is 20.2 Å². The number of carbonyl (C=O) groups is 1. The first-order chi connectivity index (χ1) is 13.1. The molecule has 1 amide bonds. The van der Waals surface area contributed by atoms with Crippen LogP contribution in [0.3, 0.4) is 0 Å². The zero-order chi connectivity index (χ0) is 21.2. The number of anilines is 1.